The predicted octanol–water partition coefficient (Wildman–Crippen LogP) is 3.55. The van der Waals surface area contributed by atoms with Crippen molar-refractivity contribution in [3.63, 3.8) is 0 Å². The summed E-state index contributed by atoms with van der Waals surface area (Å²) in [6.07, 6.45) is 2.76. The van der Waals surface area contributed by atoms with Crippen molar-refractivity contribution in [1.82, 2.24) is 10.3 Å². The van der Waals surface area contributed by atoms with Crippen LogP contribution in [0.2, 0.25) is 5.02 Å². The first-order valence-electron chi connectivity index (χ1n) is 6.03. The van der Waals surface area contributed by atoms with Crippen LogP contribution in [-0.2, 0) is 6.42 Å². The molecule has 0 saturated heterocycles. The van der Waals surface area contributed by atoms with E-state index in [9.17, 15) is 0 Å². The Hall–Kier alpha value is -1.38. The molecule has 18 heavy (non-hydrogen) atoms. The topological polar surface area (TPSA) is 24.9 Å². The molecule has 1 aromatic heterocycles. The van der Waals surface area contributed by atoms with Crippen LogP contribution in [0.25, 0.3) is 0 Å². The molecule has 1 aromatic carbocycles. The van der Waals surface area contributed by atoms with Gasteiger partial charge in [0.25, 0.3) is 0 Å². The Balaban J connectivity index is 2.17. The summed E-state index contributed by atoms with van der Waals surface area (Å²) in [5.41, 5.74) is 3.45. The monoisotopic (exact) mass is 260 g/mol. The summed E-state index contributed by atoms with van der Waals surface area (Å²) < 4.78 is 0. The molecule has 0 fully saturated rings. The fourth-order valence-electron chi connectivity index (χ4n) is 1.94. The van der Waals surface area contributed by atoms with E-state index in [1.165, 1.54) is 11.1 Å². The molecule has 0 saturated carbocycles. The Bertz CT molecular complexity index is 508. The Labute approximate surface area is 113 Å². The van der Waals surface area contributed by atoms with E-state index < -0.39 is 0 Å². The van der Waals surface area contributed by atoms with Gasteiger partial charge in [-0.2, -0.15) is 0 Å². The van der Waals surface area contributed by atoms with E-state index in [1.54, 1.807) is 0 Å². The van der Waals surface area contributed by atoms with E-state index in [-0.39, 0.29) is 6.04 Å². The maximum Gasteiger partial charge on any atom is 0.0422 e. The molecule has 3 heteroatoms. The number of aryl methyl sites for hydroxylation is 1. The van der Waals surface area contributed by atoms with E-state index in [1.807, 2.05) is 38.4 Å². The van der Waals surface area contributed by atoms with Crippen molar-refractivity contribution in [1.29, 1.82) is 0 Å². The van der Waals surface area contributed by atoms with Crippen molar-refractivity contribution in [2.45, 2.75) is 19.4 Å². The number of aromatic nitrogens is 1. The van der Waals surface area contributed by atoms with Crippen LogP contribution in [-0.4, -0.2) is 12.0 Å². The van der Waals surface area contributed by atoms with Gasteiger partial charge < -0.3 is 5.32 Å². The molecular formula is C15H17ClN2. The van der Waals surface area contributed by atoms with E-state index in [4.69, 9.17) is 11.6 Å². The Morgan fingerprint density at radius 2 is 2.11 bits per heavy atom. The standard InChI is InChI=1S/C15H17ClN2/c1-11-6-7-14(18-10-11)9-15(17-2)12-4-3-5-13(16)8-12/h3-8,10,15,17H,9H2,1-2H3. The third-order valence-corrected chi connectivity index (χ3v) is 3.22. The van der Waals surface area contributed by atoms with Crippen molar-refractivity contribution in [2.75, 3.05) is 7.05 Å². The fraction of sp³-hybridized carbons (Fsp3) is 0.267. The number of rotatable bonds is 4. The lowest BCUT2D eigenvalue weighted by Crippen LogP contribution is -2.19. The van der Waals surface area contributed by atoms with Crippen molar-refractivity contribution in [3.05, 3.63) is 64.4 Å². The van der Waals surface area contributed by atoms with E-state index >= 15 is 0 Å². The zero-order chi connectivity index (χ0) is 13.0. The summed E-state index contributed by atoms with van der Waals surface area (Å²) in [7, 11) is 1.96. The average Bonchev–Trinajstić information content (AvgIpc) is 2.38. The van der Waals surface area contributed by atoms with Gasteiger partial charge in [-0.15, -0.1) is 0 Å². The second kappa shape index (κ2) is 5.98. The molecule has 0 radical (unpaired) electrons. The quantitative estimate of drug-likeness (QED) is 0.910. The van der Waals surface area contributed by atoms with Gasteiger partial charge in [-0.25, -0.2) is 0 Å². The van der Waals surface area contributed by atoms with Crippen LogP contribution in [0.5, 0.6) is 0 Å². The number of hydrogen-bond acceptors (Lipinski definition) is 2. The van der Waals surface area contributed by atoms with Gasteiger partial charge in [0.1, 0.15) is 0 Å². The van der Waals surface area contributed by atoms with Gasteiger partial charge in [0, 0.05) is 29.4 Å². The molecule has 94 valence electrons. The molecule has 0 amide bonds. The first-order valence-corrected chi connectivity index (χ1v) is 6.41. The molecule has 1 atom stereocenters. The summed E-state index contributed by atoms with van der Waals surface area (Å²) in [4.78, 5) is 4.44. The smallest absolute Gasteiger partial charge is 0.0422 e. The zero-order valence-electron chi connectivity index (χ0n) is 10.7. The molecule has 2 rings (SSSR count). The lowest BCUT2D eigenvalue weighted by atomic mass is 10.0. The van der Waals surface area contributed by atoms with Gasteiger partial charge in [-0.1, -0.05) is 29.8 Å². The summed E-state index contributed by atoms with van der Waals surface area (Å²) in [5, 5.41) is 4.08. The molecule has 1 heterocycles. The number of nitrogens with one attached hydrogen (secondary N) is 1. The first-order chi connectivity index (χ1) is 8.69. The van der Waals surface area contributed by atoms with Crippen LogP contribution in [0.3, 0.4) is 0 Å². The number of hydrogen-bond donors (Lipinski definition) is 1. The number of nitrogens with zero attached hydrogens (tertiary/aromatic N) is 1. The van der Waals surface area contributed by atoms with Crippen LogP contribution in [0, 0.1) is 6.92 Å². The Morgan fingerprint density at radius 3 is 2.72 bits per heavy atom. The van der Waals surface area contributed by atoms with E-state index in [0.29, 0.717) is 0 Å². The number of likely N-dealkylation sites (N-methyl/N-ethyl adjacent to an activating group) is 1. The minimum atomic E-state index is 0.235. The normalized spacial score (nSPS) is 12.4. The van der Waals surface area contributed by atoms with Crippen molar-refractivity contribution in [2.24, 2.45) is 0 Å². The predicted molar refractivity (Wildman–Crippen MR) is 75.9 cm³/mol. The second-order valence-corrected chi connectivity index (χ2v) is 4.86. The summed E-state index contributed by atoms with van der Waals surface area (Å²) in [6, 6.07) is 12.3. The molecule has 1 unspecified atom stereocenters. The average molecular weight is 261 g/mol. The van der Waals surface area contributed by atoms with Gasteiger partial charge in [0.2, 0.25) is 0 Å². The minimum absolute atomic E-state index is 0.235. The molecule has 0 aliphatic heterocycles. The summed E-state index contributed by atoms with van der Waals surface area (Å²) in [6.45, 7) is 2.04. The highest BCUT2D eigenvalue weighted by molar-refractivity contribution is 6.30. The number of pyridine rings is 1. The van der Waals surface area contributed by atoms with Crippen LogP contribution in [0.4, 0.5) is 0 Å². The van der Waals surface area contributed by atoms with Crippen molar-refractivity contribution < 1.29 is 0 Å². The van der Waals surface area contributed by atoms with Gasteiger partial charge in [-0.05, 0) is 43.3 Å². The number of benzene rings is 1. The van der Waals surface area contributed by atoms with Gasteiger partial charge in [-0.3, -0.25) is 4.98 Å². The third kappa shape index (κ3) is 3.31. The molecule has 0 bridgehead atoms. The second-order valence-electron chi connectivity index (χ2n) is 4.43. The van der Waals surface area contributed by atoms with Crippen LogP contribution in [0.15, 0.2) is 42.6 Å². The molecular weight excluding hydrogens is 244 g/mol. The molecule has 2 aromatic rings. The molecule has 0 spiro atoms. The van der Waals surface area contributed by atoms with E-state index in [2.05, 4.69) is 28.5 Å². The molecule has 2 nitrogen and oxygen atoms in total. The summed E-state index contributed by atoms with van der Waals surface area (Å²) in [5.74, 6) is 0. The lowest BCUT2D eigenvalue weighted by Gasteiger charge is -2.16. The van der Waals surface area contributed by atoms with Crippen LogP contribution >= 0.6 is 11.6 Å². The third-order valence-electron chi connectivity index (χ3n) is 2.99. The van der Waals surface area contributed by atoms with Gasteiger partial charge in [0.15, 0.2) is 0 Å². The SMILES string of the molecule is CNC(Cc1ccc(C)cn1)c1cccc(Cl)c1. The fourth-order valence-corrected chi connectivity index (χ4v) is 2.14. The number of halogens is 1. The van der Waals surface area contributed by atoms with Crippen LogP contribution in [0.1, 0.15) is 22.9 Å². The highest BCUT2D eigenvalue weighted by atomic mass is 35.5. The largest absolute Gasteiger partial charge is 0.313 e. The Kier molecular flexibility index (Phi) is 4.34. The van der Waals surface area contributed by atoms with E-state index in [0.717, 1.165) is 17.1 Å². The van der Waals surface area contributed by atoms with Crippen molar-refractivity contribution in [3.8, 4) is 0 Å². The zero-order valence-corrected chi connectivity index (χ0v) is 11.4. The van der Waals surface area contributed by atoms with Gasteiger partial charge >= 0.3 is 0 Å². The Morgan fingerprint density at radius 1 is 1.28 bits per heavy atom. The molecule has 1 N–H and O–H groups in total. The maximum absolute atomic E-state index is 6.03. The van der Waals surface area contributed by atoms with Crippen LogP contribution < -0.4 is 5.32 Å². The lowest BCUT2D eigenvalue weighted by molar-refractivity contribution is 0.584. The van der Waals surface area contributed by atoms with Gasteiger partial charge in [0.05, 0.1) is 0 Å². The molecule has 0 aliphatic carbocycles. The van der Waals surface area contributed by atoms with Crippen molar-refractivity contribution >= 4 is 11.6 Å². The summed E-state index contributed by atoms with van der Waals surface area (Å²) >= 11 is 6.03. The highest BCUT2D eigenvalue weighted by Gasteiger charge is 2.11. The highest BCUT2D eigenvalue weighted by Crippen LogP contribution is 2.20. The minimum Gasteiger partial charge on any atom is -0.313 e. The molecule has 0 aliphatic rings. The first kappa shape index (κ1) is 13.1. The maximum atomic E-state index is 6.03.